The molecule has 0 fully saturated rings. The van der Waals surface area contributed by atoms with Crippen LogP contribution in [0.15, 0.2) is 52.4 Å². The highest BCUT2D eigenvalue weighted by molar-refractivity contribution is 7.89. The van der Waals surface area contributed by atoms with Gasteiger partial charge in [-0.05, 0) is 30.3 Å². The van der Waals surface area contributed by atoms with E-state index in [0.29, 0.717) is 13.1 Å². The van der Waals surface area contributed by atoms with Gasteiger partial charge in [0.15, 0.2) is 0 Å². The minimum absolute atomic E-state index is 0.0155. The Balaban J connectivity index is 2.13. The summed E-state index contributed by atoms with van der Waals surface area (Å²) in [7, 11) is -7.47. The summed E-state index contributed by atoms with van der Waals surface area (Å²) in [6.07, 6.45) is 1.17. The molecule has 26 heavy (non-hydrogen) atoms. The van der Waals surface area contributed by atoms with Crippen molar-refractivity contribution in [2.24, 2.45) is 0 Å². The summed E-state index contributed by atoms with van der Waals surface area (Å²) in [6.45, 7) is 4.18. The molecule has 1 aromatic heterocycles. The molecule has 142 valence electrons. The van der Waals surface area contributed by atoms with Crippen molar-refractivity contribution in [1.82, 2.24) is 14.1 Å². The van der Waals surface area contributed by atoms with Crippen molar-refractivity contribution in [1.29, 1.82) is 0 Å². The highest BCUT2D eigenvalue weighted by atomic mass is 35.5. The number of pyridine rings is 1. The average Bonchev–Trinajstić information content (AvgIpc) is 2.61. The van der Waals surface area contributed by atoms with Crippen LogP contribution in [-0.2, 0) is 20.0 Å². The maximum absolute atomic E-state index is 12.4. The first-order chi connectivity index (χ1) is 12.2. The zero-order valence-electron chi connectivity index (χ0n) is 14.2. The van der Waals surface area contributed by atoms with Crippen LogP contribution >= 0.6 is 11.6 Å². The number of halogens is 1. The molecule has 2 rings (SSSR count). The van der Waals surface area contributed by atoms with Gasteiger partial charge in [0.25, 0.3) is 10.0 Å². The number of nitrogens with zero attached hydrogens (tertiary/aromatic N) is 2. The molecule has 0 bridgehead atoms. The second-order valence-electron chi connectivity index (χ2n) is 5.16. The van der Waals surface area contributed by atoms with E-state index in [1.54, 1.807) is 19.9 Å². The van der Waals surface area contributed by atoms with Crippen LogP contribution < -0.4 is 10.3 Å². The largest absolute Gasteiger partial charge is 0.292 e. The van der Waals surface area contributed by atoms with E-state index in [1.165, 1.54) is 40.8 Å². The molecule has 0 radical (unpaired) electrons. The minimum Gasteiger partial charge on any atom is -0.292 e. The molecule has 0 aliphatic carbocycles. The van der Waals surface area contributed by atoms with Gasteiger partial charge in [0.05, 0.1) is 4.90 Å². The second-order valence-corrected chi connectivity index (χ2v) is 9.21. The van der Waals surface area contributed by atoms with E-state index in [2.05, 4.69) is 15.2 Å². The van der Waals surface area contributed by atoms with E-state index < -0.39 is 20.0 Å². The van der Waals surface area contributed by atoms with Gasteiger partial charge in [-0.1, -0.05) is 31.5 Å². The van der Waals surface area contributed by atoms with E-state index in [4.69, 9.17) is 11.6 Å². The Kier molecular flexibility index (Phi) is 6.58. The summed E-state index contributed by atoms with van der Waals surface area (Å²) in [5.41, 5.74) is 2.44. The highest BCUT2D eigenvalue weighted by Crippen LogP contribution is 2.17. The van der Waals surface area contributed by atoms with Crippen LogP contribution in [0.3, 0.4) is 0 Å². The highest BCUT2D eigenvalue weighted by Gasteiger charge is 2.22. The Hall–Kier alpha value is -1.72. The Morgan fingerprint density at radius 1 is 1.04 bits per heavy atom. The lowest BCUT2D eigenvalue weighted by atomic mass is 10.4. The molecule has 0 saturated heterocycles. The summed E-state index contributed by atoms with van der Waals surface area (Å²) < 4.78 is 50.4. The predicted molar refractivity (Wildman–Crippen MR) is 99.7 cm³/mol. The maximum Gasteiger partial charge on any atom is 0.257 e. The number of hydrogen-bond acceptors (Lipinski definition) is 6. The number of hydrazine groups is 1. The van der Waals surface area contributed by atoms with Crippen LogP contribution in [0.1, 0.15) is 13.8 Å². The lowest BCUT2D eigenvalue weighted by molar-refractivity contribution is 0.445. The lowest BCUT2D eigenvalue weighted by Crippen LogP contribution is -2.31. The van der Waals surface area contributed by atoms with Crippen LogP contribution in [0, 0.1) is 0 Å². The third kappa shape index (κ3) is 4.71. The van der Waals surface area contributed by atoms with Crippen molar-refractivity contribution < 1.29 is 16.8 Å². The molecule has 2 N–H and O–H groups in total. The number of rotatable bonds is 8. The van der Waals surface area contributed by atoms with E-state index in [0.717, 1.165) is 0 Å². The zero-order chi connectivity index (χ0) is 19.4. The molecule has 0 spiro atoms. The molecule has 0 atom stereocenters. The first-order valence-corrected chi connectivity index (χ1v) is 11.0. The third-order valence-electron chi connectivity index (χ3n) is 3.50. The first-order valence-electron chi connectivity index (χ1n) is 7.70. The monoisotopic (exact) mass is 418 g/mol. The van der Waals surface area contributed by atoms with E-state index >= 15 is 0 Å². The van der Waals surface area contributed by atoms with Gasteiger partial charge in [-0.3, -0.25) is 5.43 Å². The molecular formula is C15H19ClN4O4S2. The fourth-order valence-corrected chi connectivity index (χ4v) is 4.69. The fraction of sp³-hybridized carbons (Fsp3) is 0.267. The van der Waals surface area contributed by atoms with Gasteiger partial charge in [0, 0.05) is 24.3 Å². The number of nitrogens with one attached hydrogen (secondary N) is 2. The molecule has 0 saturated carbocycles. The Morgan fingerprint density at radius 3 is 2.27 bits per heavy atom. The predicted octanol–water partition coefficient (Wildman–Crippen LogP) is 2.07. The number of hydrogen-bond donors (Lipinski definition) is 2. The molecular weight excluding hydrogens is 400 g/mol. The lowest BCUT2D eigenvalue weighted by Gasteiger charge is -2.18. The van der Waals surface area contributed by atoms with Gasteiger partial charge in [0.1, 0.15) is 10.7 Å². The Labute approximate surface area is 158 Å². The van der Waals surface area contributed by atoms with E-state index in [9.17, 15) is 16.8 Å². The maximum atomic E-state index is 12.4. The van der Waals surface area contributed by atoms with Crippen LogP contribution in [-0.4, -0.2) is 39.2 Å². The standard InChI is InChI=1S/C15H19ClN4O4S2/c1-3-20(4-2)26(23,24)14-8-9-15(17-11-14)18-19-25(21,22)13-7-5-6-12(16)10-13/h5-11,19H,3-4H2,1-2H3,(H,17,18). The van der Waals surface area contributed by atoms with Crippen molar-refractivity contribution in [3.05, 3.63) is 47.6 Å². The number of sulfonamides is 2. The Bertz CT molecular complexity index is 959. The van der Waals surface area contributed by atoms with E-state index in [1.807, 2.05) is 0 Å². The minimum atomic E-state index is -3.85. The van der Waals surface area contributed by atoms with Gasteiger partial charge in [-0.15, -0.1) is 4.83 Å². The quantitative estimate of drug-likeness (QED) is 0.635. The summed E-state index contributed by atoms with van der Waals surface area (Å²) in [5.74, 6) is 0.147. The van der Waals surface area contributed by atoms with Crippen LogP contribution in [0.4, 0.5) is 5.82 Å². The number of anilines is 1. The molecule has 1 aromatic carbocycles. The third-order valence-corrected chi connectivity index (χ3v) is 7.01. The number of benzene rings is 1. The van der Waals surface area contributed by atoms with Gasteiger partial charge >= 0.3 is 0 Å². The molecule has 0 unspecified atom stereocenters. The summed E-state index contributed by atoms with van der Waals surface area (Å²) >= 11 is 5.79. The van der Waals surface area contributed by atoms with Crippen molar-refractivity contribution in [2.45, 2.75) is 23.6 Å². The normalized spacial score (nSPS) is 12.3. The first kappa shape index (κ1) is 20.6. The molecule has 11 heteroatoms. The van der Waals surface area contributed by atoms with Crippen molar-refractivity contribution >= 4 is 37.5 Å². The molecule has 0 amide bonds. The van der Waals surface area contributed by atoms with E-state index in [-0.39, 0.29) is 20.6 Å². The number of aromatic nitrogens is 1. The van der Waals surface area contributed by atoms with Crippen LogP contribution in [0.5, 0.6) is 0 Å². The second kappa shape index (κ2) is 8.31. The molecule has 0 aliphatic heterocycles. The SMILES string of the molecule is CCN(CC)S(=O)(=O)c1ccc(NNS(=O)(=O)c2cccc(Cl)c2)nc1. The topological polar surface area (TPSA) is 108 Å². The summed E-state index contributed by atoms with van der Waals surface area (Å²) in [4.78, 5) is 6.12. The van der Waals surface area contributed by atoms with Crippen molar-refractivity contribution in [2.75, 3.05) is 18.5 Å². The van der Waals surface area contributed by atoms with Crippen LogP contribution in [0.2, 0.25) is 5.02 Å². The van der Waals surface area contributed by atoms with Crippen LogP contribution in [0.25, 0.3) is 0 Å². The zero-order valence-corrected chi connectivity index (χ0v) is 16.6. The molecule has 8 nitrogen and oxygen atoms in total. The van der Waals surface area contributed by atoms with Gasteiger partial charge in [-0.2, -0.15) is 4.31 Å². The summed E-state index contributed by atoms with van der Waals surface area (Å²) in [5, 5.41) is 0.289. The van der Waals surface area contributed by atoms with Gasteiger partial charge in [0.2, 0.25) is 10.0 Å². The molecule has 0 aliphatic rings. The molecule has 2 aromatic rings. The average molecular weight is 419 g/mol. The molecule has 1 heterocycles. The smallest absolute Gasteiger partial charge is 0.257 e. The Morgan fingerprint density at radius 2 is 1.73 bits per heavy atom. The van der Waals surface area contributed by atoms with Crippen molar-refractivity contribution in [3.63, 3.8) is 0 Å². The van der Waals surface area contributed by atoms with Gasteiger partial charge in [-0.25, -0.2) is 21.8 Å². The summed E-state index contributed by atoms with van der Waals surface area (Å²) in [6, 6.07) is 8.50. The van der Waals surface area contributed by atoms with Gasteiger partial charge < -0.3 is 0 Å². The van der Waals surface area contributed by atoms with Crippen molar-refractivity contribution in [3.8, 4) is 0 Å². The fourth-order valence-electron chi connectivity index (χ4n) is 2.13.